The molecular formula is C17H29N5O2. The fourth-order valence-electron chi connectivity index (χ4n) is 2.93. The van der Waals surface area contributed by atoms with Gasteiger partial charge in [0.15, 0.2) is 0 Å². The minimum Gasteiger partial charge on any atom is -0.356 e. The summed E-state index contributed by atoms with van der Waals surface area (Å²) in [6.45, 7) is 2.04. The number of rotatable bonds is 9. The van der Waals surface area contributed by atoms with E-state index in [4.69, 9.17) is 0 Å². The molecule has 1 aliphatic carbocycles. The molecule has 0 unspecified atom stereocenters. The van der Waals surface area contributed by atoms with Crippen molar-refractivity contribution in [2.24, 2.45) is 0 Å². The lowest BCUT2D eigenvalue weighted by atomic mass is 9.96. The van der Waals surface area contributed by atoms with Crippen LogP contribution < -0.4 is 16.0 Å². The van der Waals surface area contributed by atoms with E-state index in [1.807, 2.05) is 10.8 Å². The Kier molecular flexibility index (Phi) is 8.13. The van der Waals surface area contributed by atoms with Crippen molar-refractivity contribution >= 4 is 11.9 Å². The van der Waals surface area contributed by atoms with Crippen LogP contribution in [-0.2, 0) is 11.3 Å². The first-order valence-corrected chi connectivity index (χ1v) is 9.01. The Bertz CT molecular complexity index is 483. The molecule has 0 saturated heterocycles. The summed E-state index contributed by atoms with van der Waals surface area (Å²) in [6, 6.07) is 0.209. The lowest BCUT2D eigenvalue weighted by Gasteiger charge is -2.22. The van der Waals surface area contributed by atoms with Crippen LogP contribution in [0, 0.1) is 0 Å². The zero-order chi connectivity index (χ0) is 17.0. The van der Waals surface area contributed by atoms with E-state index in [2.05, 4.69) is 20.9 Å². The summed E-state index contributed by atoms with van der Waals surface area (Å²) in [6.07, 6.45) is 13.2. The summed E-state index contributed by atoms with van der Waals surface area (Å²) in [5.41, 5.74) is 0. The van der Waals surface area contributed by atoms with E-state index in [-0.39, 0.29) is 11.9 Å². The van der Waals surface area contributed by atoms with Gasteiger partial charge in [0.1, 0.15) is 0 Å². The molecule has 2 rings (SSSR count). The quantitative estimate of drug-likeness (QED) is 0.601. The zero-order valence-electron chi connectivity index (χ0n) is 14.3. The highest BCUT2D eigenvalue weighted by atomic mass is 16.2. The van der Waals surface area contributed by atoms with Gasteiger partial charge in [-0.15, -0.1) is 0 Å². The van der Waals surface area contributed by atoms with E-state index >= 15 is 0 Å². The van der Waals surface area contributed by atoms with Crippen molar-refractivity contribution in [3.63, 3.8) is 0 Å². The van der Waals surface area contributed by atoms with Crippen LogP contribution in [0.25, 0.3) is 0 Å². The number of aryl methyl sites for hydroxylation is 1. The third-order valence-electron chi connectivity index (χ3n) is 4.28. The van der Waals surface area contributed by atoms with Crippen LogP contribution in [0.4, 0.5) is 4.79 Å². The highest BCUT2D eigenvalue weighted by Gasteiger charge is 2.15. The first-order valence-electron chi connectivity index (χ1n) is 9.01. The lowest BCUT2D eigenvalue weighted by Crippen LogP contribution is -2.43. The molecule has 1 aromatic heterocycles. The minimum atomic E-state index is -0.109. The molecule has 7 heteroatoms. The molecular weight excluding hydrogens is 306 g/mol. The van der Waals surface area contributed by atoms with Crippen LogP contribution in [-0.4, -0.2) is 40.6 Å². The summed E-state index contributed by atoms with van der Waals surface area (Å²) in [7, 11) is 0. The van der Waals surface area contributed by atoms with Crippen molar-refractivity contribution in [3.8, 4) is 0 Å². The van der Waals surface area contributed by atoms with E-state index < -0.39 is 0 Å². The number of amides is 3. The standard InChI is InChI=1S/C17H29N5O2/c23-16(19-10-5-12-22-13-11-18-14-22)8-4-9-20-17(24)21-15-6-2-1-3-7-15/h11,13-15H,1-10,12H2,(H,19,23)(H2,20,21,24). The minimum absolute atomic E-state index is 0.0371. The first-order chi connectivity index (χ1) is 11.7. The second-order valence-corrected chi connectivity index (χ2v) is 6.34. The Labute approximate surface area is 143 Å². The fraction of sp³-hybridized carbons (Fsp3) is 0.706. The van der Waals surface area contributed by atoms with Crippen molar-refractivity contribution in [3.05, 3.63) is 18.7 Å². The molecule has 7 nitrogen and oxygen atoms in total. The highest BCUT2D eigenvalue weighted by Crippen LogP contribution is 2.17. The number of carbonyl (C=O) groups excluding carboxylic acids is 2. The van der Waals surface area contributed by atoms with E-state index in [0.717, 1.165) is 25.8 Å². The zero-order valence-corrected chi connectivity index (χ0v) is 14.3. The third kappa shape index (κ3) is 7.48. The van der Waals surface area contributed by atoms with E-state index in [0.29, 0.717) is 32.0 Å². The van der Waals surface area contributed by atoms with Gasteiger partial charge in [-0.05, 0) is 25.7 Å². The van der Waals surface area contributed by atoms with E-state index in [1.165, 1.54) is 19.3 Å². The van der Waals surface area contributed by atoms with Crippen LogP contribution in [0.1, 0.15) is 51.4 Å². The normalized spacial score (nSPS) is 15.0. The fourth-order valence-corrected chi connectivity index (χ4v) is 2.93. The Morgan fingerprint density at radius 1 is 1.08 bits per heavy atom. The molecule has 1 saturated carbocycles. The Morgan fingerprint density at radius 2 is 1.88 bits per heavy atom. The topological polar surface area (TPSA) is 88.0 Å². The van der Waals surface area contributed by atoms with E-state index in [9.17, 15) is 9.59 Å². The van der Waals surface area contributed by atoms with Gasteiger partial charge < -0.3 is 20.5 Å². The predicted molar refractivity (Wildman–Crippen MR) is 92.5 cm³/mol. The van der Waals surface area contributed by atoms with Crippen molar-refractivity contribution in [1.29, 1.82) is 0 Å². The van der Waals surface area contributed by atoms with E-state index in [1.54, 1.807) is 12.5 Å². The third-order valence-corrected chi connectivity index (χ3v) is 4.28. The Morgan fingerprint density at radius 3 is 2.62 bits per heavy atom. The molecule has 0 aromatic carbocycles. The molecule has 0 atom stereocenters. The summed E-state index contributed by atoms with van der Waals surface area (Å²) in [5, 5.41) is 8.73. The van der Waals surface area contributed by atoms with Gasteiger partial charge in [0, 0.05) is 44.5 Å². The average Bonchev–Trinajstić information content (AvgIpc) is 3.10. The number of nitrogens with zero attached hydrogens (tertiary/aromatic N) is 2. The molecule has 1 heterocycles. The molecule has 0 aliphatic heterocycles. The number of hydrogen-bond donors (Lipinski definition) is 3. The van der Waals surface area contributed by atoms with Crippen molar-refractivity contribution in [2.75, 3.05) is 13.1 Å². The molecule has 1 aliphatic rings. The second-order valence-electron chi connectivity index (χ2n) is 6.34. The molecule has 1 fully saturated rings. The monoisotopic (exact) mass is 335 g/mol. The van der Waals surface area contributed by atoms with Gasteiger partial charge in [-0.2, -0.15) is 0 Å². The maximum atomic E-state index is 11.7. The predicted octanol–water partition coefficient (Wildman–Crippen LogP) is 1.80. The Hall–Kier alpha value is -2.05. The summed E-state index contributed by atoms with van der Waals surface area (Å²) in [5.74, 6) is 0.0371. The molecule has 1 aromatic rings. The maximum Gasteiger partial charge on any atom is 0.315 e. The highest BCUT2D eigenvalue weighted by molar-refractivity contribution is 5.76. The molecule has 24 heavy (non-hydrogen) atoms. The number of nitrogens with one attached hydrogen (secondary N) is 3. The van der Waals surface area contributed by atoms with Crippen molar-refractivity contribution < 1.29 is 9.59 Å². The number of carbonyl (C=O) groups is 2. The second kappa shape index (κ2) is 10.7. The lowest BCUT2D eigenvalue weighted by molar-refractivity contribution is -0.121. The molecule has 0 radical (unpaired) electrons. The van der Waals surface area contributed by atoms with Crippen molar-refractivity contribution in [1.82, 2.24) is 25.5 Å². The van der Waals surface area contributed by atoms with Gasteiger partial charge in [0.2, 0.25) is 5.91 Å². The van der Waals surface area contributed by atoms with Crippen LogP contribution in [0.15, 0.2) is 18.7 Å². The summed E-state index contributed by atoms with van der Waals surface area (Å²) in [4.78, 5) is 27.4. The largest absolute Gasteiger partial charge is 0.356 e. The molecule has 134 valence electrons. The number of urea groups is 1. The van der Waals surface area contributed by atoms with Gasteiger partial charge in [0.05, 0.1) is 6.33 Å². The maximum absolute atomic E-state index is 11.7. The number of imidazole rings is 1. The average molecular weight is 335 g/mol. The van der Waals surface area contributed by atoms with Gasteiger partial charge in [0.25, 0.3) is 0 Å². The smallest absolute Gasteiger partial charge is 0.315 e. The van der Waals surface area contributed by atoms with Gasteiger partial charge >= 0.3 is 6.03 Å². The van der Waals surface area contributed by atoms with Gasteiger partial charge in [-0.25, -0.2) is 9.78 Å². The molecule has 0 spiro atoms. The SMILES string of the molecule is O=C(CCCNC(=O)NC1CCCCC1)NCCCn1ccnc1. The van der Waals surface area contributed by atoms with Crippen LogP contribution in [0.5, 0.6) is 0 Å². The number of hydrogen-bond acceptors (Lipinski definition) is 3. The van der Waals surface area contributed by atoms with Crippen LogP contribution in [0.3, 0.4) is 0 Å². The summed E-state index contributed by atoms with van der Waals surface area (Å²) < 4.78 is 1.99. The van der Waals surface area contributed by atoms with Gasteiger partial charge in [-0.1, -0.05) is 19.3 Å². The number of aromatic nitrogens is 2. The molecule has 3 N–H and O–H groups in total. The van der Waals surface area contributed by atoms with Crippen LogP contribution in [0.2, 0.25) is 0 Å². The first kappa shape index (κ1) is 18.3. The molecule has 3 amide bonds. The molecule has 0 bridgehead atoms. The summed E-state index contributed by atoms with van der Waals surface area (Å²) >= 11 is 0. The van der Waals surface area contributed by atoms with Crippen LogP contribution >= 0.6 is 0 Å². The Balaban J connectivity index is 1.43. The van der Waals surface area contributed by atoms with Crippen molar-refractivity contribution in [2.45, 2.75) is 64.0 Å². The van der Waals surface area contributed by atoms with Gasteiger partial charge in [-0.3, -0.25) is 4.79 Å².